The molecule has 3 saturated heterocycles. The van der Waals surface area contributed by atoms with Crippen LogP contribution in [-0.4, -0.2) is 104 Å². The smallest absolute Gasteiger partial charge is 0.407 e. The van der Waals surface area contributed by atoms with Gasteiger partial charge in [-0.15, -0.1) is 0 Å². The molecular weight excluding hydrogens is 777 g/mol. The van der Waals surface area contributed by atoms with E-state index in [4.69, 9.17) is 19.2 Å². The van der Waals surface area contributed by atoms with Gasteiger partial charge < -0.3 is 44.6 Å². The number of hydrogen-bond donors (Lipinski definition) is 4. The molecule has 15 nitrogen and oxygen atoms in total. The minimum absolute atomic E-state index is 0.0269. The number of fused-ring (bicyclic) bond motifs is 2. The van der Waals surface area contributed by atoms with E-state index in [1.807, 2.05) is 68.8 Å². The quantitative estimate of drug-likeness (QED) is 0.139. The summed E-state index contributed by atoms with van der Waals surface area (Å²) in [5, 5.41) is 7.66. The summed E-state index contributed by atoms with van der Waals surface area (Å²) in [7, 11) is 2.61. The van der Waals surface area contributed by atoms with E-state index in [9.17, 15) is 19.2 Å². The highest BCUT2D eigenvalue weighted by molar-refractivity contribution is 5.89. The van der Waals surface area contributed by atoms with Gasteiger partial charge in [-0.1, -0.05) is 38.0 Å². The van der Waals surface area contributed by atoms with E-state index < -0.39 is 24.3 Å². The lowest BCUT2D eigenvalue weighted by Gasteiger charge is -2.39. The maximum atomic E-state index is 14.3. The fourth-order valence-corrected chi connectivity index (χ4v) is 9.81. The molecule has 0 spiro atoms. The maximum Gasteiger partial charge on any atom is 0.407 e. The predicted octanol–water partition coefficient (Wildman–Crippen LogP) is 6.38. The van der Waals surface area contributed by atoms with Gasteiger partial charge in [-0.2, -0.15) is 0 Å². The number of H-pyrrole nitrogens is 2. The topological polar surface area (TPSA) is 184 Å². The Hall–Kier alpha value is -5.88. The van der Waals surface area contributed by atoms with Crippen LogP contribution in [0.5, 0.6) is 0 Å². The van der Waals surface area contributed by atoms with E-state index in [0.29, 0.717) is 30.3 Å². The fraction of sp³-hybridized carbons (Fsp3) is 0.522. The molecule has 0 bridgehead atoms. The maximum absolute atomic E-state index is 14.3. The number of likely N-dealkylation sites (tertiary alicyclic amines) is 2. The van der Waals surface area contributed by atoms with Crippen LogP contribution in [0.15, 0.2) is 48.8 Å². The average molecular weight is 833 g/mol. The number of piperidine rings is 1. The van der Waals surface area contributed by atoms with Crippen molar-refractivity contribution in [3.63, 3.8) is 0 Å². The Balaban J connectivity index is 0.951. The van der Waals surface area contributed by atoms with E-state index in [2.05, 4.69) is 55.6 Å². The van der Waals surface area contributed by atoms with Crippen molar-refractivity contribution < 1.29 is 33.4 Å². The number of carbonyl (C=O) groups excluding carboxylic acids is 4. The molecule has 0 radical (unpaired) electrons. The van der Waals surface area contributed by atoms with Crippen molar-refractivity contribution in [3.8, 4) is 23.1 Å². The Labute approximate surface area is 356 Å². The summed E-state index contributed by atoms with van der Waals surface area (Å²) in [5.74, 6) is 7.89. The van der Waals surface area contributed by atoms with Gasteiger partial charge in [0.15, 0.2) is 0 Å². The highest BCUT2D eigenvalue weighted by Crippen LogP contribution is 2.53. The van der Waals surface area contributed by atoms with Crippen LogP contribution < -0.4 is 10.6 Å². The number of amides is 4. The lowest BCUT2D eigenvalue weighted by atomic mass is 9.85. The van der Waals surface area contributed by atoms with Gasteiger partial charge in [-0.25, -0.2) is 19.6 Å². The summed E-state index contributed by atoms with van der Waals surface area (Å²) in [6.07, 6.45) is 6.88. The number of nitrogens with one attached hydrogen (secondary N) is 4. The molecule has 4 amide bonds. The Morgan fingerprint density at radius 3 is 2.21 bits per heavy atom. The molecule has 15 heteroatoms. The minimum atomic E-state index is -0.744. The zero-order valence-electron chi connectivity index (χ0n) is 35.9. The van der Waals surface area contributed by atoms with Crippen LogP contribution in [0, 0.1) is 29.6 Å². The summed E-state index contributed by atoms with van der Waals surface area (Å²) >= 11 is 0. The van der Waals surface area contributed by atoms with Crippen molar-refractivity contribution in [2.24, 2.45) is 17.8 Å². The van der Waals surface area contributed by atoms with Crippen LogP contribution in [-0.2, 0) is 23.8 Å². The lowest BCUT2D eigenvalue weighted by Crippen LogP contribution is -2.55. The Bertz CT molecular complexity index is 2350. The van der Waals surface area contributed by atoms with Crippen LogP contribution in [0.2, 0.25) is 0 Å². The third-order valence-corrected chi connectivity index (χ3v) is 12.9. The van der Waals surface area contributed by atoms with Gasteiger partial charge in [0.1, 0.15) is 29.4 Å². The number of benzene rings is 2. The van der Waals surface area contributed by atoms with Crippen molar-refractivity contribution >= 4 is 34.8 Å². The summed E-state index contributed by atoms with van der Waals surface area (Å²) in [5.41, 5.74) is 3.32. The third-order valence-electron chi connectivity index (χ3n) is 12.9. The van der Waals surface area contributed by atoms with Crippen LogP contribution >= 0.6 is 0 Å². The number of alkyl carbamates (subject to hydrolysis) is 2. The van der Waals surface area contributed by atoms with Crippen molar-refractivity contribution in [1.29, 1.82) is 0 Å². The number of ether oxygens (including phenoxy) is 3. The zero-order valence-corrected chi connectivity index (χ0v) is 35.9. The molecule has 2 aromatic carbocycles. The van der Waals surface area contributed by atoms with E-state index >= 15 is 0 Å². The van der Waals surface area contributed by atoms with Crippen LogP contribution in [0.25, 0.3) is 22.0 Å². The standard InChI is InChI=1S/C46H56N8O7/c1-24(2)39(51-45(57)59-6)43(55)54-37-20-32(37)21-38(54)42-48-23-35(50-42)31-13-12-29-18-28(9-11-30(29)19-31)10-14-34-22-47-41(49-34)36-15-8-25(3)53(36)44(56)40(52-46(58)60-7)33-16-26(4)61-27(5)17-33/h9,11-13,18-19,22-27,32-33,36-40H,8,15-17,20-21H2,1-7H3,(H,47,49)(H,48,50)(H,51,57)(H,52,58)/t25-,26-,27+,32-,33?,36+,37-,38+,39+,40?/m1/s1. The first-order chi connectivity index (χ1) is 29.3. The minimum Gasteiger partial charge on any atom is -0.453 e. The molecule has 2 aromatic heterocycles. The van der Waals surface area contributed by atoms with Gasteiger partial charge in [0.2, 0.25) is 11.8 Å². The number of hydrogen-bond acceptors (Lipinski definition) is 9. The van der Waals surface area contributed by atoms with Crippen LogP contribution in [0.3, 0.4) is 0 Å². The molecule has 8 rings (SSSR count). The molecule has 322 valence electrons. The second-order valence-corrected chi connectivity index (χ2v) is 17.6. The Morgan fingerprint density at radius 2 is 1.48 bits per heavy atom. The van der Waals surface area contributed by atoms with Crippen molar-refractivity contribution in [2.75, 3.05) is 14.2 Å². The summed E-state index contributed by atoms with van der Waals surface area (Å²) in [6.45, 7) is 9.86. The highest BCUT2D eigenvalue weighted by Gasteiger charge is 2.56. The molecule has 1 aliphatic carbocycles. The monoisotopic (exact) mass is 832 g/mol. The number of nitrogens with zero attached hydrogens (tertiary/aromatic N) is 4. The molecule has 4 aromatic rings. The van der Waals surface area contributed by atoms with Gasteiger partial charge in [0, 0.05) is 23.2 Å². The first kappa shape index (κ1) is 41.8. The summed E-state index contributed by atoms with van der Waals surface area (Å²) in [6, 6.07) is 10.5. The van der Waals surface area contributed by atoms with Crippen molar-refractivity contribution in [3.05, 3.63) is 71.7 Å². The Morgan fingerprint density at radius 1 is 0.787 bits per heavy atom. The van der Waals surface area contributed by atoms with Crippen molar-refractivity contribution in [2.45, 2.75) is 122 Å². The molecule has 10 atom stereocenters. The van der Waals surface area contributed by atoms with E-state index in [1.165, 1.54) is 14.2 Å². The molecule has 4 N–H and O–H groups in total. The van der Waals surface area contributed by atoms with Crippen LogP contribution in [0.4, 0.5) is 9.59 Å². The summed E-state index contributed by atoms with van der Waals surface area (Å²) in [4.78, 5) is 72.8. The molecule has 5 heterocycles. The van der Waals surface area contributed by atoms with Gasteiger partial charge in [0.05, 0.1) is 56.6 Å². The number of aromatic amines is 2. The van der Waals surface area contributed by atoms with Gasteiger partial charge in [-0.3, -0.25) is 9.59 Å². The SMILES string of the molecule is COC(=O)NC(C(=O)N1[C@H](C)CC[C@H]1c1ncc(C#Cc2ccc3cc(-c4cnc([C@@H]5C[C@H]6C[C@H]6N5C(=O)[C@@H](NC(=O)OC)C(C)C)[nH]4)ccc3c2)[nH]1)C1C[C@@H](C)O[C@@H](C)C1. The van der Waals surface area contributed by atoms with Gasteiger partial charge in [0.25, 0.3) is 0 Å². The fourth-order valence-electron chi connectivity index (χ4n) is 9.81. The van der Waals surface area contributed by atoms with E-state index in [1.54, 1.807) is 6.20 Å². The Kier molecular flexibility index (Phi) is 11.8. The van der Waals surface area contributed by atoms with E-state index in [-0.39, 0.29) is 60.0 Å². The third kappa shape index (κ3) is 8.68. The molecule has 4 fully saturated rings. The number of rotatable bonds is 9. The second-order valence-electron chi connectivity index (χ2n) is 17.6. The predicted molar refractivity (Wildman–Crippen MR) is 227 cm³/mol. The zero-order chi connectivity index (χ0) is 43.1. The van der Waals surface area contributed by atoms with Gasteiger partial charge >= 0.3 is 12.2 Å². The first-order valence-corrected chi connectivity index (χ1v) is 21.5. The first-order valence-electron chi connectivity index (χ1n) is 21.5. The summed E-state index contributed by atoms with van der Waals surface area (Å²) < 4.78 is 15.7. The lowest BCUT2D eigenvalue weighted by molar-refractivity contribution is -0.140. The van der Waals surface area contributed by atoms with Crippen LogP contribution in [0.1, 0.15) is 108 Å². The number of methoxy groups -OCH3 is 2. The van der Waals surface area contributed by atoms with Crippen molar-refractivity contribution in [1.82, 2.24) is 40.4 Å². The normalized spacial score (nSPS) is 26.6. The molecule has 3 aliphatic heterocycles. The van der Waals surface area contributed by atoms with E-state index in [0.717, 1.165) is 59.1 Å². The average Bonchev–Trinajstić information content (AvgIpc) is 3.71. The molecule has 2 unspecified atom stereocenters. The number of carbonyl (C=O) groups is 4. The molecular formula is C46H56N8O7. The molecule has 4 aliphatic rings. The molecule has 1 saturated carbocycles. The number of aromatic nitrogens is 4. The number of imidazole rings is 2. The highest BCUT2D eigenvalue weighted by atomic mass is 16.5. The second kappa shape index (κ2) is 17.2. The van der Waals surface area contributed by atoms with Gasteiger partial charge in [-0.05, 0) is 112 Å². The largest absolute Gasteiger partial charge is 0.453 e. The molecule has 61 heavy (non-hydrogen) atoms.